The van der Waals surface area contributed by atoms with E-state index >= 15 is 0 Å². The molecule has 0 aromatic rings. The number of amides is 4. The molecular weight excluding hydrogens is 492 g/mol. The van der Waals surface area contributed by atoms with Gasteiger partial charge in [0.25, 0.3) is 43.9 Å². The number of aliphatic hydroxyl groups is 2. The molecule has 2 fully saturated rings. The van der Waals surface area contributed by atoms with Gasteiger partial charge in [-0.1, -0.05) is 0 Å². The second-order valence-electron chi connectivity index (χ2n) is 6.18. The maximum Gasteiger partial charge on any atom is 0.364 e. The maximum absolute atomic E-state index is 11.8. The molecule has 2 aliphatic heterocycles. The highest BCUT2D eigenvalue weighted by Crippen LogP contribution is 2.22. The fourth-order valence-corrected chi connectivity index (χ4v) is 3.78. The highest BCUT2D eigenvalue weighted by atomic mass is 32.2. The summed E-state index contributed by atoms with van der Waals surface area (Å²) in [6.45, 7) is 0. The molecule has 0 saturated carbocycles. The fraction of sp³-hybridized carbons (Fsp3) is 0.500. The SMILES string of the molecule is O=C(ON1C(=O)C[C@@H](S(=O)(=O)O)C1=O)[C@H](O)[C@@H](O)C(=O)ON1C(=O)C[C@@H](S(=O)(=O)O)C1=O. The van der Waals surface area contributed by atoms with Gasteiger partial charge in [-0.15, -0.1) is 10.1 Å². The van der Waals surface area contributed by atoms with Crippen molar-refractivity contribution in [2.45, 2.75) is 35.5 Å². The van der Waals surface area contributed by atoms with Crippen molar-refractivity contribution in [3.05, 3.63) is 0 Å². The molecule has 20 heteroatoms. The molecule has 0 aliphatic carbocycles. The zero-order valence-electron chi connectivity index (χ0n) is 15.1. The van der Waals surface area contributed by atoms with E-state index in [1.54, 1.807) is 0 Å². The Morgan fingerprint density at radius 3 is 1.25 bits per heavy atom. The number of rotatable bonds is 7. The lowest BCUT2D eigenvalue weighted by Gasteiger charge is -2.20. The van der Waals surface area contributed by atoms with Gasteiger partial charge >= 0.3 is 11.9 Å². The number of aliphatic hydroxyl groups excluding tert-OH is 2. The number of carbonyl (C=O) groups is 6. The van der Waals surface area contributed by atoms with Crippen molar-refractivity contribution in [3.8, 4) is 0 Å². The van der Waals surface area contributed by atoms with Gasteiger partial charge < -0.3 is 19.9 Å². The summed E-state index contributed by atoms with van der Waals surface area (Å²) in [5.41, 5.74) is 0. The summed E-state index contributed by atoms with van der Waals surface area (Å²) < 4.78 is 61.7. The molecule has 0 aromatic carbocycles. The van der Waals surface area contributed by atoms with E-state index in [0.29, 0.717) is 0 Å². The van der Waals surface area contributed by atoms with Gasteiger partial charge in [0.2, 0.25) is 0 Å². The molecule has 4 atom stereocenters. The normalized spacial score (nSPS) is 24.0. The van der Waals surface area contributed by atoms with Crippen molar-refractivity contribution < 1.29 is 74.6 Å². The Morgan fingerprint density at radius 1 is 0.750 bits per heavy atom. The summed E-state index contributed by atoms with van der Waals surface area (Å²) in [5.74, 6) is -10.5. The minimum atomic E-state index is -5.06. The molecule has 2 rings (SSSR count). The summed E-state index contributed by atoms with van der Waals surface area (Å²) in [4.78, 5) is 78.4. The molecule has 0 radical (unpaired) electrons. The average molecular weight is 504 g/mol. The molecule has 4 amide bonds. The molecule has 0 aromatic heterocycles. The number of hydrogen-bond donors (Lipinski definition) is 4. The molecule has 0 bridgehead atoms. The number of hydrogen-bond acceptors (Lipinski definition) is 14. The molecule has 178 valence electrons. The van der Waals surface area contributed by atoms with E-state index in [1.807, 2.05) is 0 Å². The second kappa shape index (κ2) is 8.48. The lowest BCUT2D eigenvalue weighted by atomic mass is 10.2. The van der Waals surface area contributed by atoms with E-state index in [1.165, 1.54) is 0 Å². The van der Waals surface area contributed by atoms with Crippen LogP contribution in [-0.4, -0.2) is 105 Å². The molecule has 0 spiro atoms. The van der Waals surface area contributed by atoms with Crippen molar-refractivity contribution in [1.29, 1.82) is 0 Å². The molecule has 18 nitrogen and oxygen atoms in total. The van der Waals surface area contributed by atoms with Crippen LogP contribution in [0.2, 0.25) is 0 Å². The summed E-state index contributed by atoms with van der Waals surface area (Å²) in [6, 6.07) is 0. The monoisotopic (exact) mass is 504 g/mol. The van der Waals surface area contributed by atoms with Crippen LogP contribution in [0.25, 0.3) is 0 Å². The Morgan fingerprint density at radius 2 is 1.03 bits per heavy atom. The van der Waals surface area contributed by atoms with Gasteiger partial charge in [-0.2, -0.15) is 16.8 Å². The van der Waals surface area contributed by atoms with Crippen molar-refractivity contribution >= 4 is 55.8 Å². The van der Waals surface area contributed by atoms with Gasteiger partial charge in [0, 0.05) is 0 Å². The van der Waals surface area contributed by atoms with Gasteiger partial charge in [-0.25, -0.2) is 9.59 Å². The first-order valence-corrected chi connectivity index (χ1v) is 10.9. The van der Waals surface area contributed by atoms with Crippen LogP contribution in [0.4, 0.5) is 0 Å². The van der Waals surface area contributed by atoms with Crippen LogP contribution >= 0.6 is 0 Å². The van der Waals surface area contributed by atoms with Gasteiger partial charge in [-0.05, 0) is 0 Å². The third kappa shape index (κ3) is 4.89. The molecule has 2 heterocycles. The first-order chi connectivity index (χ1) is 14.5. The van der Waals surface area contributed by atoms with Gasteiger partial charge in [0.15, 0.2) is 22.7 Å². The molecule has 32 heavy (non-hydrogen) atoms. The highest BCUT2D eigenvalue weighted by molar-refractivity contribution is 7.87. The number of nitrogens with zero attached hydrogens (tertiary/aromatic N) is 2. The summed E-state index contributed by atoms with van der Waals surface area (Å²) >= 11 is 0. The standard InChI is InChI=1S/C12H12N2O16S2/c15-5-1-3(31(23,24)25)9(19)13(5)29-11(21)7(17)8(18)12(22)30-14-6(16)2-4(10(14)20)32(26,27)28/h3-4,7-8,17-18H,1-2H2,(H,23,24,25)(H,26,27,28)/t3-,4-,7-,8-/m1/s1. The van der Waals surface area contributed by atoms with Crippen LogP contribution in [0.15, 0.2) is 0 Å². The van der Waals surface area contributed by atoms with Gasteiger partial charge in [0.05, 0.1) is 12.8 Å². The summed E-state index contributed by atoms with van der Waals surface area (Å²) in [5, 5.41) is 13.8. The van der Waals surface area contributed by atoms with Crippen LogP contribution in [0.5, 0.6) is 0 Å². The van der Waals surface area contributed by atoms with E-state index in [-0.39, 0.29) is 0 Å². The Labute approximate surface area is 176 Å². The quantitative estimate of drug-likeness (QED) is 0.186. The smallest absolute Gasteiger partial charge is 0.364 e. The van der Waals surface area contributed by atoms with Crippen molar-refractivity contribution in [2.75, 3.05) is 0 Å². The predicted octanol–water partition coefficient (Wildman–Crippen LogP) is -5.34. The fourth-order valence-electron chi connectivity index (χ4n) is 2.37. The minimum absolute atomic E-state index is 0.452. The maximum atomic E-state index is 11.8. The predicted molar refractivity (Wildman–Crippen MR) is 87.8 cm³/mol. The number of hydroxylamine groups is 4. The van der Waals surface area contributed by atoms with Crippen LogP contribution in [0.1, 0.15) is 12.8 Å². The Kier molecular flexibility index (Phi) is 6.68. The van der Waals surface area contributed by atoms with Crippen molar-refractivity contribution in [3.63, 3.8) is 0 Å². The van der Waals surface area contributed by atoms with Gasteiger partial charge in [0.1, 0.15) is 0 Å². The third-order valence-corrected chi connectivity index (χ3v) is 6.16. The lowest BCUT2D eigenvalue weighted by Crippen LogP contribution is -2.48. The zero-order valence-corrected chi connectivity index (χ0v) is 16.8. The molecule has 2 aliphatic rings. The molecular formula is C12H12N2O16S2. The Balaban J connectivity index is 2.05. The second-order valence-corrected chi connectivity index (χ2v) is 9.38. The van der Waals surface area contributed by atoms with E-state index < -0.39 is 101 Å². The average Bonchev–Trinajstić information content (AvgIpc) is 3.11. The largest absolute Gasteiger partial charge is 0.379 e. The van der Waals surface area contributed by atoms with Crippen LogP contribution in [0, 0.1) is 0 Å². The molecule has 2 saturated heterocycles. The van der Waals surface area contributed by atoms with E-state index in [0.717, 1.165) is 0 Å². The van der Waals surface area contributed by atoms with E-state index in [2.05, 4.69) is 9.68 Å². The Hall–Kier alpha value is -3.04. The highest BCUT2D eigenvalue weighted by Gasteiger charge is 2.51. The number of carbonyl (C=O) groups excluding carboxylic acids is 6. The summed E-state index contributed by atoms with van der Waals surface area (Å²) in [6.07, 6.45) is -8.12. The minimum Gasteiger partial charge on any atom is -0.379 e. The summed E-state index contributed by atoms with van der Waals surface area (Å²) in [7, 11) is -10.1. The lowest BCUT2D eigenvalue weighted by molar-refractivity contribution is -0.216. The van der Waals surface area contributed by atoms with Crippen LogP contribution < -0.4 is 0 Å². The van der Waals surface area contributed by atoms with Crippen LogP contribution in [0.3, 0.4) is 0 Å². The van der Waals surface area contributed by atoms with Gasteiger partial charge in [-0.3, -0.25) is 28.3 Å². The van der Waals surface area contributed by atoms with Crippen molar-refractivity contribution in [1.82, 2.24) is 10.1 Å². The molecule has 4 N–H and O–H groups in total. The first-order valence-electron chi connectivity index (χ1n) is 7.92. The Bertz CT molecular complexity index is 1020. The van der Waals surface area contributed by atoms with E-state index in [9.17, 15) is 55.8 Å². The van der Waals surface area contributed by atoms with Crippen molar-refractivity contribution in [2.24, 2.45) is 0 Å². The zero-order chi connectivity index (χ0) is 24.8. The number of imide groups is 2. The topological polar surface area (TPSA) is 277 Å². The van der Waals surface area contributed by atoms with E-state index in [4.69, 9.17) is 9.11 Å². The first kappa shape index (κ1) is 25.2. The molecule has 0 unspecified atom stereocenters. The third-order valence-electron chi connectivity index (χ3n) is 3.99. The van der Waals surface area contributed by atoms with Crippen LogP contribution in [-0.2, 0) is 58.7 Å².